The minimum atomic E-state index is -3.28. The number of halogens is 1. The first kappa shape index (κ1) is 19.0. The highest BCUT2D eigenvalue weighted by Crippen LogP contribution is 2.11. The van der Waals surface area contributed by atoms with E-state index in [0.29, 0.717) is 11.6 Å². The fraction of sp³-hybridized carbons (Fsp3) is 0.471. The Morgan fingerprint density at radius 1 is 1.04 bits per heavy atom. The molecule has 0 aliphatic rings. The maximum Gasteiger partial charge on any atom is 0.215 e. The number of hydrogen-bond acceptors (Lipinski definition) is 3. The monoisotopic (exact) mass is 369 g/mol. The second-order valence-corrected chi connectivity index (χ2v) is 8.09. The van der Waals surface area contributed by atoms with Gasteiger partial charge < -0.3 is 4.57 Å². The molecule has 0 radical (unpaired) electrons. The van der Waals surface area contributed by atoms with E-state index in [0.717, 1.165) is 44.2 Å². The molecule has 132 valence electrons. The van der Waals surface area contributed by atoms with Crippen LogP contribution < -0.4 is 4.72 Å². The molecule has 2 rings (SSSR count). The number of rotatable bonds is 11. The van der Waals surface area contributed by atoms with E-state index >= 15 is 0 Å². The second kappa shape index (κ2) is 9.81. The smallest absolute Gasteiger partial charge is 0.215 e. The molecule has 0 saturated carbocycles. The van der Waals surface area contributed by atoms with Gasteiger partial charge in [-0.1, -0.05) is 43.0 Å². The van der Waals surface area contributed by atoms with Crippen molar-refractivity contribution in [1.82, 2.24) is 14.3 Å². The van der Waals surface area contributed by atoms with Gasteiger partial charge in [0.25, 0.3) is 0 Å². The Morgan fingerprint density at radius 3 is 2.46 bits per heavy atom. The fourth-order valence-corrected chi connectivity index (χ4v) is 3.76. The van der Waals surface area contributed by atoms with Crippen LogP contribution in [0.1, 0.15) is 37.7 Å². The van der Waals surface area contributed by atoms with Crippen LogP contribution in [-0.2, 0) is 22.3 Å². The average molecular weight is 370 g/mol. The first-order chi connectivity index (χ1) is 11.6. The van der Waals surface area contributed by atoms with Gasteiger partial charge in [-0.05, 0) is 30.5 Å². The third-order valence-electron chi connectivity index (χ3n) is 3.74. The number of nitrogens with zero attached hydrogens (tertiary/aromatic N) is 2. The number of sulfonamides is 1. The molecule has 0 spiro atoms. The molecule has 7 heteroatoms. The Bertz CT molecular complexity index is 685. The lowest BCUT2D eigenvalue weighted by molar-refractivity contribution is 0.550. The zero-order valence-corrected chi connectivity index (χ0v) is 15.3. The number of aryl methyl sites for hydroxylation is 1. The summed E-state index contributed by atoms with van der Waals surface area (Å²) in [5, 5.41) is 0.608. The molecule has 0 aliphatic carbocycles. The summed E-state index contributed by atoms with van der Waals surface area (Å²) in [5.74, 6) is -0.00489. The van der Waals surface area contributed by atoms with Crippen molar-refractivity contribution in [1.29, 1.82) is 0 Å². The van der Waals surface area contributed by atoms with E-state index in [4.69, 9.17) is 11.6 Å². The first-order valence-electron chi connectivity index (χ1n) is 8.23. The first-order valence-corrected chi connectivity index (χ1v) is 10.3. The quantitative estimate of drug-likeness (QED) is 0.615. The Hall–Kier alpha value is -1.37. The van der Waals surface area contributed by atoms with Gasteiger partial charge in [-0.2, -0.15) is 0 Å². The maximum absolute atomic E-state index is 12.0. The van der Waals surface area contributed by atoms with Crippen LogP contribution in [0.25, 0.3) is 0 Å². The van der Waals surface area contributed by atoms with Crippen molar-refractivity contribution in [2.75, 3.05) is 6.54 Å². The van der Waals surface area contributed by atoms with Gasteiger partial charge in [0.15, 0.2) is 0 Å². The van der Waals surface area contributed by atoms with E-state index in [1.165, 1.54) is 0 Å². The molecular formula is C17H24ClN3O2S. The van der Waals surface area contributed by atoms with Crippen LogP contribution in [0.2, 0.25) is 5.02 Å². The number of nitrogens with one attached hydrogen (secondary N) is 1. The Morgan fingerprint density at radius 2 is 1.75 bits per heavy atom. The minimum absolute atomic E-state index is 0.00489. The largest absolute Gasteiger partial charge is 0.337 e. The molecule has 0 amide bonds. The van der Waals surface area contributed by atoms with E-state index in [-0.39, 0.29) is 5.75 Å². The van der Waals surface area contributed by atoms with Gasteiger partial charge in [0.05, 0.1) is 12.1 Å². The fourth-order valence-electron chi connectivity index (χ4n) is 2.45. The Balaban J connectivity index is 1.53. The Kier molecular flexibility index (Phi) is 7.75. The highest BCUT2D eigenvalue weighted by Gasteiger charge is 2.10. The van der Waals surface area contributed by atoms with Crippen molar-refractivity contribution >= 4 is 21.6 Å². The van der Waals surface area contributed by atoms with Crippen LogP contribution >= 0.6 is 11.6 Å². The van der Waals surface area contributed by atoms with Gasteiger partial charge in [0, 0.05) is 30.5 Å². The normalized spacial score (nSPS) is 11.7. The van der Waals surface area contributed by atoms with Gasteiger partial charge in [-0.15, -0.1) is 0 Å². The summed E-state index contributed by atoms with van der Waals surface area (Å²) in [4.78, 5) is 4.01. The van der Waals surface area contributed by atoms with E-state index in [2.05, 4.69) is 14.3 Å². The summed E-state index contributed by atoms with van der Waals surface area (Å²) in [6.07, 6.45) is 10.9. The van der Waals surface area contributed by atoms with Crippen LogP contribution in [0.3, 0.4) is 0 Å². The second-order valence-electron chi connectivity index (χ2n) is 5.85. The third-order valence-corrected chi connectivity index (χ3v) is 5.35. The van der Waals surface area contributed by atoms with Crippen LogP contribution in [0.5, 0.6) is 0 Å². The SMILES string of the molecule is O=S(=O)(Cc1ccc(Cl)cc1)NCCCCCCCn1ccnc1. The third kappa shape index (κ3) is 7.47. The summed E-state index contributed by atoms with van der Waals surface area (Å²) >= 11 is 5.80. The van der Waals surface area contributed by atoms with Crippen LogP contribution in [0.4, 0.5) is 0 Å². The molecule has 1 aromatic heterocycles. The predicted octanol–water partition coefficient (Wildman–Crippen LogP) is 3.61. The lowest BCUT2D eigenvalue weighted by atomic mass is 10.1. The molecule has 24 heavy (non-hydrogen) atoms. The van der Waals surface area contributed by atoms with Crippen molar-refractivity contribution in [2.24, 2.45) is 0 Å². The summed E-state index contributed by atoms with van der Waals surface area (Å²) < 4.78 is 28.7. The molecule has 0 atom stereocenters. The highest BCUT2D eigenvalue weighted by molar-refractivity contribution is 7.88. The summed E-state index contributed by atoms with van der Waals surface area (Å²) in [5.41, 5.74) is 0.742. The highest BCUT2D eigenvalue weighted by atomic mass is 35.5. The van der Waals surface area contributed by atoms with Crippen LogP contribution in [0.15, 0.2) is 43.0 Å². The van der Waals surface area contributed by atoms with Crippen molar-refractivity contribution in [3.05, 3.63) is 53.6 Å². The summed E-state index contributed by atoms with van der Waals surface area (Å²) in [6, 6.07) is 6.88. The lowest BCUT2D eigenvalue weighted by Crippen LogP contribution is -2.26. The van der Waals surface area contributed by atoms with Gasteiger partial charge in [0.2, 0.25) is 10.0 Å². The number of imidazole rings is 1. The molecule has 2 aromatic rings. The van der Waals surface area contributed by atoms with E-state index in [1.54, 1.807) is 30.5 Å². The van der Waals surface area contributed by atoms with Crippen LogP contribution in [-0.4, -0.2) is 24.5 Å². The summed E-state index contributed by atoms with van der Waals surface area (Å²) in [6.45, 7) is 1.49. The number of aromatic nitrogens is 2. The van der Waals surface area contributed by atoms with Crippen molar-refractivity contribution in [3.63, 3.8) is 0 Å². The van der Waals surface area contributed by atoms with Gasteiger partial charge in [-0.25, -0.2) is 18.1 Å². The van der Waals surface area contributed by atoms with E-state index in [9.17, 15) is 8.42 Å². The molecular weight excluding hydrogens is 346 g/mol. The van der Waals surface area contributed by atoms with Crippen molar-refractivity contribution in [2.45, 2.75) is 44.4 Å². The molecule has 0 unspecified atom stereocenters. The van der Waals surface area contributed by atoms with E-state index in [1.807, 2.05) is 12.5 Å². The molecule has 0 saturated heterocycles. The molecule has 1 N–H and O–H groups in total. The molecule has 0 aliphatic heterocycles. The van der Waals surface area contributed by atoms with Gasteiger partial charge >= 0.3 is 0 Å². The number of benzene rings is 1. The van der Waals surface area contributed by atoms with E-state index < -0.39 is 10.0 Å². The van der Waals surface area contributed by atoms with Crippen molar-refractivity contribution in [3.8, 4) is 0 Å². The van der Waals surface area contributed by atoms with Crippen LogP contribution in [0, 0.1) is 0 Å². The zero-order valence-electron chi connectivity index (χ0n) is 13.7. The molecule has 0 bridgehead atoms. The minimum Gasteiger partial charge on any atom is -0.337 e. The number of hydrogen-bond donors (Lipinski definition) is 1. The zero-order chi connectivity index (χ0) is 17.3. The van der Waals surface area contributed by atoms with Gasteiger partial charge in [0.1, 0.15) is 0 Å². The lowest BCUT2D eigenvalue weighted by Gasteiger charge is -2.07. The standard InChI is InChI=1S/C17H24ClN3O2S/c18-17-8-6-16(7-9-17)14-24(22,23)20-10-4-2-1-3-5-12-21-13-11-19-15-21/h6-9,11,13,15,20H,1-5,10,12,14H2. The maximum atomic E-state index is 12.0. The molecule has 5 nitrogen and oxygen atoms in total. The predicted molar refractivity (Wildman–Crippen MR) is 97.4 cm³/mol. The topological polar surface area (TPSA) is 64.0 Å². The molecule has 1 heterocycles. The molecule has 0 fully saturated rings. The van der Waals surface area contributed by atoms with Gasteiger partial charge in [-0.3, -0.25) is 0 Å². The number of unbranched alkanes of at least 4 members (excludes halogenated alkanes) is 4. The average Bonchev–Trinajstić information content (AvgIpc) is 3.05. The van der Waals surface area contributed by atoms with Crippen molar-refractivity contribution < 1.29 is 8.42 Å². The summed E-state index contributed by atoms with van der Waals surface area (Å²) in [7, 11) is -3.28. The Labute approximate surface area is 149 Å². The molecule has 1 aromatic carbocycles.